The van der Waals surface area contributed by atoms with Crippen LogP contribution in [0, 0.1) is 0 Å². The van der Waals surface area contributed by atoms with E-state index in [9.17, 15) is 9.59 Å². The second kappa shape index (κ2) is 7.72. The van der Waals surface area contributed by atoms with E-state index in [1.54, 1.807) is 18.2 Å². The Morgan fingerprint density at radius 1 is 1.23 bits per heavy atom. The number of hydrogen-bond donors (Lipinski definition) is 1. The van der Waals surface area contributed by atoms with Crippen molar-refractivity contribution in [3.63, 3.8) is 0 Å². The summed E-state index contributed by atoms with van der Waals surface area (Å²) in [5.41, 5.74) is 1.08. The molecule has 4 nitrogen and oxygen atoms in total. The summed E-state index contributed by atoms with van der Waals surface area (Å²) >= 11 is 6.11. The predicted octanol–water partition coefficient (Wildman–Crippen LogP) is 3.08. The van der Waals surface area contributed by atoms with Gasteiger partial charge in [0.2, 0.25) is 0 Å². The summed E-state index contributed by atoms with van der Waals surface area (Å²) in [5.74, 6) is -1.45. The van der Waals surface area contributed by atoms with Crippen LogP contribution < -0.4 is 0 Å². The van der Waals surface area contributed by atoms with Crippen LogP contribution in [-0.4, -0.2) is 32.7 Å². The lowest BCUT2D eigenvalue weighted by atomic mass is 10.2. The molecule has 0 bridgehead atoms. The average Bonchev–Trinajstić information content (AvgIpc) is 2.75. The highest BCUT2D eigenvalue weighted by Crippen LogP contribution is 2.30. The van der Waals surface area contributed by atoms with E-state index in [2.05, 4.69) is 0 Å². The predicted molar refractivity (Wildman–Crippen MR) is 92.2 cm³/mol. The summed E-state index contributed by atoms with van der Waals surface area (Å²) in [6, 6.07) is 9.84. The maximum Gasteiger partial charge on any atom is 0.323 e. The molecule has 1 aliphatic rings. The molecule has 0 radical (unpaired) electrons. The largest absolute Gasteiger partial charge is 0.480 e. The molecule has 1 N–H and O–H groups in total. The first-order valence-electron chi connectivity index (χ1n) is 6.43. The molecule has 1 heterocycles. The fourth-order valence-corrected chi connectivity index (χ4v) is 2.93. The van der Waals surface area contributed by atoms with Crippen LogP contribution >= 0.6 is 24.0 Å². The van der Waals surface area contributed by atoms with Crippen LogP contribution in [0.5, 0.6) is 0 Å². The molecule has 1 aromatic rings. The van der Waals surface area contributed by atoms with Gasteiger partial charge in [0.05, 0.1) is 4.91 Å². The molecule has 22 heavy (non-hydrogen) atoms. The minimum atomic E-state index is -1.08. The number of allylic oxidation sites excluding steroid dienone is 4. The fourth-order valence-electron chi connectivity index (χ4n) is 1.72. The number of thioether (sulfide) groups is 1. The van der Waals surface area contributed by atoms with E-state index < -0.39 is 12.5 Å². The first-order valence-corrected chi connectivity index (χ1v) is 7.66. The highest BCUT2D eigenvalue weighted by atomic mass is 32.2. The van der Waals surface area contributed by atoms with Crippen molar-refractivity contribution < 1.29 is 14.7 Å². The molecule has 0 unspecified atom stereocenters. The zero-order valence-electron chi connectivity index (χ0n) is 11.5. The van der Waals surface area contributed by atoms with E-state index in [4.69, 9.17) is 17.3 Å². The first-order chi connectivity index (χ1) is 10.6. The molecule has 1 saturated heterocycles. The Labute approximate surface area is 137 Å². The second-order valence-electron chi connectivity index (χ2n) is 4.34. The Bertz CT molecular complexity index is 678. The topological polar surface area (TPSA) is 57.6 Å². The van der Waals surface area contributed by atoms with E-state index in [0.717, 1.165) is 22.2 Å². The van der Waals surface area contributed by atoms with E-state index in [0.29, 0.717) is 4.91 Å². The van der Waals surface area contributed by atoms with Crippen molar-refractivity contribution in [2.45, 2.75) is 0 Å². The Kier molecular flexibility index (Phi) is 5.68. The fraction of sp³-hybridized carbons (Fsp3) is 0.0625. The number of carboxylic acid groups (broad SMARTS) is 1. The monoisotopic (exact) mass is 331 g/mol. The van der Waals surface area contributed by atoms with Gasteiger partial charge in [-0.25, -0.2) is 0 Å². The van der Waals surface area contributed by atoms with Gasteiger partial charge < -0.3 is 5.11 Å². The second-order valence-corrected chi connectivity index (χ2v) is 6.01. The summed E-state index contributed by atoms with van der Waals surface area (Å²) in [6.07, 6.45) is 8.98. The Morgan fingerprint density at radius 2 is 1.95 bits per heavy atom. The number of carbonyl (C=O) groups is 2. The van der Waals surface area contributed by atoms with Crippen molar-refractivity contribution in [2.75, 3.05) is 6.54 Å². The van der Waals surface area contributed by atoms with Gasteiger partial charge >= 0.3 is 5.97 Å². The van der Waals surface area contributed by atoms with Gasteiger partial charge in [-0.15, -0.1) is 0 Å². The van der Waals surface area contributed by atoms with Crippen molar-refractivity contribution in [2.24, 2.45) is 0 Å². The number of benzene rings is 1. The summed E-state index contributed by atoms with van der Waals surface area (Å²) in [4.78, 5) is 24.2. The first kappa shape index (κ1) is 16.2. The minimum absolute atomic E-state index is 0.270. The molecule has 1 fully saturated rings. The summed E-state index contributed by atoms with van der Waals surface area (Å²) in [7, 11) is 0. The Morgan fingerprint density at radius 3 is 2.64 bits per heavy atom. The number of carboxylic acids is 1. The van der Waals surface area contributed by atoms with Gasteiger partial charge in [0.1, 0.15) is 10.9 Å². The molecule has 0 aromatic heterocycles. The normalized spacial score (nSPS) is 17.3. The van der Waals surface area contributed by atoms with Gasteiger partial charge in [0.15, 0.2) is 0 Å². The van der Waals surface area contributed by atoms with Crippen molar-refractivity contribution in [1.82, 2.24) is 4.90 Å². The van der Waals surface area contributed by atoms with E-state index >= 15 is 0 Å². The van der Waals surface area contributed by atoms with Crippen LogP contribution in [0.25, 0.3) is 6.08 Å². The smallest absolute Gasteiger partial charge is 0.323 e. The van der Waals surface area contributed by atoms with E-state index in [1.807, 2.05) is 42.5 Å². The van der Waals surface area contributed by atoms with E-state index in [-0.39, 0.29) is 10.2 Å². The summed E-state index contributed by atoms with van der Waals surface area (Å²) in [6.45, 7) is -0.403. The van der Waals surface area contributed by atoms with Gasteiger partial charge in [-0.1, -0.05) is 78.6 Å². The molecule has 2 rings (SSSR count). The number of rotatable bonds is 5. The third kappa shape index (κ3) is 4.41. The SMILES string of the molecule is O=C(O)CN1C(=O)\C(=C/C=C/C=C/c2ccccc2)SC1=S. The lowest BCUT2D eigenvalue weighted by Gasteiger charge is -2.09. The van der Waals surface area contributed by atoms with Gasteiger partial charge in [-0.3, -0.25) is 14.5 Å². The van der Waals surface area contributed by atoms with Crippen LogP contribution in [0.15, 0.2) is 59.5 Å². The third-order valence-corrected chi connectivity index (χ3v) is 4.12. The lowest BCUT2D eigenvalue weighted by molar-refractivity contribution is -0.140. The molecular formula is C16H13NO3S2. The molecule has 0 saturated carbocycles. The quantitative estimate of drug-likeness (QED) is 0.510. The zero-order valence-corrected chi connectivity index (χ0v) is 13.1. The molecule has 1 aromatic carbocycles. The highest BCUT2D eigenvalue weighted by molar-refractivity contribution is 8.26. The van der Waals surface area contributed by atoms with Crippen LogP contribution in [0.3, 0.4) is 0 Å². The van der Waals surface area contributed by atoms with Gasteiger partial charge in [-0.2, -0.15) is 0 Å². The number of carbonyl (C=O) groups excluding carboxylic acids is 1. The average molecular weight is 331 g/mol. The molecule has 1 amide bonds. The molecule has 1 aliphatic heterocycles. The maximum atomic E-state index is 12.0. The Hall–Kier alpha value is -2.18. The molecular weight excluding hydrogens is 318 g/mol. The molecule has 0 atom stereocenters. The molecule has 0 aliphatic carbocycles. The lowest BCUT2D eigenvalue weighted by Crippen LogP contribution is -2.33. The highest BCUT2D eigenvalue weighted by Gasteiger charge is 2.32. The third-order valence-electron chi connectivity index (χ3n) is 2.73. The zero-order chi connectivity index (χ0) is 15.9. The Balaban J connectivity index is 1.97. The van der Waals surface area contributed by atoms with Gasteiger partial charge in [0.25, 0.3) is 5.91 Å². The van der Waals surface area contributed by atoms with Crippen molar-refractivity contribution in [3.05, 3.63) is 65.1 Å². The number of aliphatic carboxylic acids is 1. The van der Waals surface area contributed by atoms with Crippen molar-refractivity contribution >= 4 is 46.3 Å². The maximum absolute atomic E-state index is 12.0. The summed E-state index contributed by atoms with van der Waals surface area (Å²) < 4.78 is 0.270. The van der Waals surface area contributed by atoms with Crippen LogP contribution in [-0.2, 0) is 9.59 Å². The number of hydrogen-bond acceptors (Lipinski definition) is 4. The van der Waals surface area contributed by atoms with Crippen LogP contribution in [0.2, 0.25) is 0 Å². The molecule has 6 heteroatoms. The molecule has 112 valence electrons. The minimum Gasteiger partial charge on any atom is -0.480 e. The standard InChI is InChI=1S/C16H13NO3S2/c18-14(19)11-17-15(20)13(22-16(17)21)10-6-2-5-9-12-7-3-1-4-8-12/h1-10H,11H2,(H,18,19)/b6-2+,9-5+,13-10+. The van der Waals surface area contributed by atoms with Gasteiger partial charge in [0, 0.05) is 0 Å². The number of thiocarbonyl (C=S) groups is 1. The molecule has 0 spiro atoms. The number of amides is 1. The van der Waals surface area contributed by atoms with Crippen molar-refractivity contribution in [3.8, 4) is 0 Å². The van der Waals surface area contributed by atoms with E-state index in [1.165, 1.54) is 0 Å². The number of nitrogens with zero attached hydrogens (tertiary/aromatic N) is 1. The van der Waals surface area contributed by atoms with Crippen LogP contribution in [0.4, 0.5) is 0 Å². The van der Waals surface area contributed by atoms with Gasteiger partial charge in [-0.05, 0) is 11.6 Å². The van der Waals surface area contributed by atoms with Crippen LogP contribution in [0.1, 0.15) is 5.56 Å². The van der Waals surface area contributed by atoms with Crippen molar-refractivity contribution in [1.29, 1.82) is 0 Å². The summed E-state index contributed by atoms with van der Waals surface area (Å²) in [5, 5.41) is 8.74.